The summed E-state index contributed by atoms with van der Waals surface area (Å²) in [6.07, 6.45) is 2.64. The summed E-state index contributed by atoms with van der Waals surface area (Å²) in [5.74, 6) is 1.94. The maximum atomic E-state index is 5.35. The van der Waals surface area contributed by atoms with Gasteiger partial charge in [-0.25, -0.2) is 0 Å². The van der Waals surface area contributed by atoms with Gasteiger partial charge in [0.15, 0.2) is 0 Å². The van der Waals surface area contributed by atoms with Crippen molar-refractivity contribution >= 4 is 5.82 Å². The third kappa shape index (κ3) is 2.10. The summed E-state index contributed by atoms with van der Waals surface area (Å²) >= 11 is 0. The monoisotopic (exact) mass is 219 g/mol. The molecule has 1 unspecified atom stereocenters. The van der Waals surface area contributed by atoms with Crippen LogP contribution in [-0.2, 0) is 13.5 Å². The van der Waals surface area contributed by atoms with E-state index in [1.165, 1.54) is 0 Å². The van der Waals surface area contributed by atoms with E-state index in [1.54, 1.807) is 6.26 Å². The zero-order valence-electron chi connectivity index (χ0n) is 9.90. The van der Waals surface area contributed by atoms with Crippen molar-refractivity contribution in [3.05, 3.63) is 35.9 Å². The molecule has 1 N–H and O–H groups in total. The van der Waals surface area contributed by atoms with Crippen LogP contribution < -0.4 is 5.32 Å². The lowest BCUT2D eigenvalue weighted by Gasteiger charge is -2.12. The van der Waals surface area contributed by atoms with Gasteiger partial charge < -0.3 is 9.73 Å². The van der Waals surface area contributed by atoms with E-state index in [9.17, 15) is 0 Å². The SMILES string of the molecule is CCc1cc(NC(C)c2ccco2)n(C)n1. The van der Waals surface area contributed by atoms with Crippen molar-refractivity contribution in [2.24, 2.45) is 7.05 Å². The second-order valence-electron chi connectivity index (χ2n) is 3.88. The lowest BCUT2D eigenvalue weighted by Crippen LogP contribution is -2.09. The number of nitrogens with one attached hydrogen (secondary N) is 1. The van der Waals surface area contributed by atoms with Crippen molar-refractivity contribution < 1.29 is 4.42 Å². The van der Waals surface area contributed by atoms with Gasteiger partial charge in [-0.2, -0.15) is 5.10 Å². The fourth-order valence-electron chi connectivity index (χ4n) is 1.67. The second kappa shape index (κ2) is 4.43. The Morgan fingerprint density at radius 1 is 1.56 bits per heavy atom. The predicted octanol–water partition coefficient (Wildman–Crippen LogP) is 2.75. The molecule has 0 spiro atoms. The van der Waals surface area contributed by atoms with Gasteiger partial charge in [-0.1, -0.05) is 6.92 Å². The minimum atomic E-state index is 0.148. The van der Waals surface area contributed by atoms with E-state index >= 15 is 0 Å². The van der Waals surface area contributed by atoms with Crippen molar-refractivity contribution in [1.82, 2.24) is 9.78 Å². The molecular formula is C12H17N3O. The summed E-state index contributed by atoms with van der Waals surface area (Å²) in [5.41, 5.74) is 1.09. The van der Waals surface area contributed by atoms with Gasteiger partial charge in [-0.3, -0.25) is 4.68 Å². The average molecular weight is 219 g/mol. The normalized spacial score (nSPS) is 12.7. The number of furan rings is 1. The summed E-state index contributed by atoms with van der Waals surface area (Å²) in [7, 11) is 1.94. The van der Waals surface area contributed by atoms with Gasteiger partial charge in [0.05, 0.1) is 18.0 Å². The standard InChI is InChI=1S/C12H17N3O/c1-4-10-8-12(15(3)14-10)13-9(2)11-6-5-7-16-11/h5-9,13H,4H2,1-3H3. The highest BCUT2D eigenvalue weighted by Crippen LogP contribution is 2.19. The molecule has 0 aliphatic carbocycles. The van der Waals surface area contributed by atoms with Crippen molar-refractivity contribution in [2.45, 2.75) is 26.3 Å². The fourth-order valence-corrected chi connectivity index (χ4v) is 1.67. The summed E-state index contributed by atoms with van der Waals surface area (Å²) in [4.78, 5) is 0. The molecule has 0 saturated heterocycles. The van der Waals surface area contributed by atoms with E-state index in [0.29, 0.717) is 0 Å². The molecule has 2 aromatic rings. The van der Waals surface area contributed by atoms with Crippen LogP contribution in [0.5, 0.6) is 0 Å². The van der Waals surface area contributed by atoms with E-state index in [0.717, 1.165) is 23.7 Å². The molecule has 0 aliphatic rings. The van der Waals surface area contributed by atoms with E-state index < -0.39 is 0 Å². The maximum Gasteiger partial charge on any atom is 0.125 e. The lowest BCUT2D eigenvalue weighted by atomic mass is 10.2. The quantitative estimate of drug-likeness (QED) is 0.859. The molecule has 1 atom stereocenters. The molecule has 2 aromatic heterocycles. The van der Waals surface area contributed by atoms with Crippen LogP contribution in [0, 0.1) is 0 Å². The highest BCUT2D eigenvalue weighted by molar-refractivity contribution is 5.39. The first kappa shape index (κ1) is 10.8. The molecule has 2 rings (SSSR count). The Bertz CT molecular complexity index is 445. The third-order valence-electron chi connectivity index (χ3n) is 2.63. The molecule has 0 aromatic carbocycles. The van der Waals surface area contributed by atoms with E-state index in [-0.39, 0.29) is 6.04 Å². The smallest absolute Gasteiger partial charge is 0.125 e. The van der Waals surface area contributed by atoms with Gasteiger partial charge in [0, 0.05) is 13.1 Å². The van der Waals surface area contributed by atoms with Crippen LogP contribution in [0.25, 0.3) is 0 Å². The molecule has 0 saturated carbocycles. The number of nitrogens with zero attached hydrogens (tertiary/aromatic N) is 2. The lowest BCUT2D eigenvalue weighted by molar-refractivity contribution is 0.489. The highest BCUT2D eigenvalue weighted by Gasteiger charge is 2.10. The number of anilines is 1. The molecule has 4 nitrogen and oxygen atoms in total. The van der Waals surface area contributed by atoms with Crippen molar-refractivity contribution in [1.29, 1.82) is 0 Å². The minimum absolute atomic E-state index is 0.148. The van der Waals surface area contributed by atoms with Crippen LogP contribution >= 0.6 is 0 Å². The van der Waals surface area contributed by atoms with Gasteiger partial charge in [0.25, 0.3) is 0 Å². The Labute approximate surface area is 95.3 Å². The van der Waals surface area contributed by atoms with Gasteiger partial charge in [0.1, 0.15) is 11.6 Å². The number of rotatable bonds is 4. The Morgan fingerprint density at radius 3 is 2.94 bits per heavy atom. The van der Waals surface area contributed by atoms with Crippen molar-refractivity contribution in [3.8, 4) is 0 Å². The average Bonchev–Trinajstić information content (AvgIpc) is 2.88. The number of aryl methyl sites for hydroxylation is 2. The zero-order valence-corrected chi connectivity index (χ0v) is 9.90. The van der Waals surface area contributed by atoms with Crippen LogP contribution in [0.15, 0.2) is 28.9 Å². The molecule has 0 aliphatic heterocycles. The summed E-state index contributed by atoms with van der Waals surface area (Å²) in [6.45, 7) is 4.17. The first-order valence-corrected chi connectivity index (χ1v) is 5.53. The van der Waals surface area contributed by atoms with E-state index in [2.05, 4.69) is 30.3 Å². The van der Waals surface area contributed by atoms with Gasteiger partial charge >= 0.3 is 0 Å². The third-order valence-corrected chi connectivity index (χ3v) is 2.63. The van der Waals surface area contributed by atoms with Crippen LogP contribution in [-0.4, -0.2) is 9.78 Å². The van der Waals surface area contributed by atoms with Crippen LogP contribution in [0.2, 0.25) is 0 Å². The van der Waals surface area contributed by atoms with Crippen LogP contribution in [0.1, 0.15) is 31.3 Å². The Kier molecular flexibility index (Phi) is 2.99. The van der Waals surface area contributed by atoms with E-state index in [4.69, 9.17) is 4.42 Å². The number of hydrogen-bond acceptors (Lipinski definition) is 3. The van der Waals surface area contributed by atoms with Crippen LogP contribution in [0.3, 0.4) is 0 Å². The van der Waals surface area contributed by atoms with Gasteiger partial charge in [0.2, 0.25) is 0 Å². The molecule has 16 heavy (non-hydrogen) atoms. The molecule has 0 fully saturated rings. The fraction of sp³-hybridized carbons (Fsp3) is 0.417. The topological polar surface area (TPSA) is 43.0 Å². The van der Waals surface area contributed by atoms with Gasteiger partial charge in [-0.15, -0.1) is 0 Å². The summed E-state index contributed by atoms with van der Waals surface area (Å²) in [6, 6.07) is 6.08. The first-order chi connectivity index (χ1) is 7.70. The number of aromatic nitrogens is 2. The molecular weight excluding hydrogens is 202 g/mol. The number of hydrogen-bond donors (Lipinski definition) is 1. The van der Waals surface area contributed by atoms with Crippen molar-refractivity contribution in [3.63, 3.8) is 0 Å². The predicted molar refractivity (Wildman–Crippen MR) is 63.3 cm³/mol. The molecule has 0 radical (unpaired) electrons. The Morgan fingerprint density at radius 2 is 2.38 bits per heavy atom. The molecule has 86 valence electrons. The second-order valence-corrected chi connectivity index (χ2v) is 3.88. The highest BCUT2D eigenvalue weighted by atomic mass is 16.3. The first-order valence-electron chi connectivity index (χ1n) is 5.53. The minimum Gasteiger partial charge on any atom is -0.467 e. The molecule has 0 amide bonds. The Balaban J connectivity index is 2.11. The van der Waals surface area contributed by atoms with Crippen LogP contribution in [0.4, 0.5) is 5.82 Å². The summed E-state index contributed by atoms with van der Waals surface area (Å²) in [5, 5.41) is 7.76. The maximum absolute atomic E-state index is 5.35. The Hall–Kier alpha value is -1.71. The molecule has 0 bridgehead atoms. The van der Waals surface area contributed by atoms with Gasteiger partial charge in [-0.05, 0) is 25.5 Å². The zero-order chi connectivity index (χ0) is 11.5. The van der Waals surface area contributed by atoms with E-state index in [1.807, 2.05) is 23.9 Å². The molecule has 2 heterocycles. The molecule has 4 heteroatoms. The largest absolute Gasteiger partial charge is 0.467 e. The summed E-state index contributed by atoms with van der Waals surface area (Å²) < 4.78 is 7.21. The van der Waals surface area contributed by atoms with Crippen molar-refractivity contribution in [2.75, 3.05) is 5.32 Å².